The first-order valence-electron chi connectivity index (χ1n) is 16.3. The molecule has 11 nitrogen and oxygen atoms in total. The van der Waals surface area contributed by atoms with Gasteiger partial charge in [-0.15, -0.1) is 0 Å². The first-order valence-corrected chi connectivity index (χ1v) is 16.3. The number of carbonyl (C=O) groups excluding carboxylic acids is 3. The molecule has 0 aliphatic carbocycles. The number of methoxy groups -OCH3 is 1. The molecule has 11 heteroatoms. The molecule has 248 valence electrons. The highest BCUT2D eigenvalue weighted by Crippen LogP contribution is 2.29. The van der Waals surface area contributed by atoms with E-state index in [1.54, 1.807) is 13.2 Å². The molecule has 0 saturated carbocycles. The van der Waals surface area contributed by atoms with Crippen molar-refractivity contribution < 1.29 is 28.6 Å². The number of nitrogens with zero attached hydrogens (tertiary/aromatic N) is 3. The van der Waals surface area contributed by atoms with Crippen molar-refractivity contribution in [1.82, 2.24) is 20.4 Å². The molecular formula is C36H43N5O6. The SMILES string of the molecule is COc1cc2ccc1OCC(=O)NCc1ccc(cc1)O[C@H]1CN(C(=O)CN3CCN(c4cccc(C)c4)CC3)C[C@@H]1NC(=O)CC2. The average Bonchev–Trinajstić information content (AvgIpc) is 3.47. The number of hydrogen-bond donors (Lipinski definition) is 2. The summed E-state index contributed by atoms with van der Waals surface area (Å²) in [6.07, 6.45) is 0.330. The Morgan fingerprint density at radius 3 is 2.47 bits per heavy atom. The van der Waals surface area contributed by atoms with Gasteiger partial charge in [-0.3, -0.25) is 19.3 Å². The topological polar surface area (TPSA) is 113 Å². The minimum atomic E-state index is -0.409. The maximum atomic E-state index is 13.6. The molecule has 0 spiro atoms. The lowest BCUT2D eigenvalue weighted by Gasteiger charge is -2.36. The number of carbonyl (C=O) groups is 3. The quantitative estimate of drug-likeness (QED) is 0.447. The minimum Gasteiger partial charge on any atom is -0.493 e. The van der Waals surface area contributed by atoms with Crippen molar-refractivity contribution >= 4 is 23.4 Å². The standard InChI is InChI=1S/C36H43N5O6/c1-25-4-3-5-28(18-25)40-16-14-39(15-17-40)23-36(44)41-21-30-33(22-41)47-29-10-6-27(7-11-29)20-37-35(43)24-46-31-12-8-26(19-32(31)45-2)9-13-34(42)38-30/h3-8,10-12,18-19,30,33H,9,13-17,20-24H2,1-2H3,(H,37,43)(H,38,42)/t30-,33-/m0/s1. The van der Waals surface area contributed by atoms with Gasteiger partial charge in [0.25, 0.3) is 5.91 Å². The maximum absolute atomic E-state index is 13.6. The number of piperazine rings is 1. The molecule has 0 aromatic heterocycles. The fourth-order valence-electron chi connectivity index (χ4n) is 6.29. The highest BCUT2D eigenvalue weighted by molar-refractivity contribution is 5.80. The molecule has 3 amide bonds. The smallest absolute Gasteiger partial charge is 0.258 e. The fourth-order valence-corrected chi connectivity index (χ4v) is 6.29. The summed E-state index contributed by atoms with van der Waals surface area (Å²) in [5.74, 6) is 1.25. The lowest BCUT2D eigenvalue weighted by atomic mass is 10.1. The van der Waals surface area contributed by atoms with Crippen LogP contribution in [0.5, 0.6) is 17.2 Å². The van der Waals surface area contributed by atoms with Gasteiger partial charge in [0.05, 0.1) is 26.2 Å². The molecule has 6 heterocycles. The van der Waals surface area contributed by atoms with Gasteiger partial charge in [0.2, 0.25) is 11.8 Å². The number of likely N-dealkylation sites (tertiary alicyclic amines) is 1. The van der Waals surface area contributed by atoms with E-state index in [1.165, 1.54) is 11.3 Å². The third-order valence-electron chi connectivity index (χ3n) is 8.99. The predicted molar refractivity (Wildman–Crippen MR) is 178 cm³/mol. The van der Waals surface area contributed by atoms with E-state index in [1.807, 2.05) is 41.3 Å². The Labute approximate surface area is 275 Å². The molecule has 3 aromatic carbocycles. The van der Waals surface area contributed by atoms with Crippen molar-refractivity contribution in [3.05, 3.63) is 83.4 Å². The molecule has 2 fully saturated rings. The van der Waals surface area contributed by atoms with Crippen LogP contribution < -0.4 is 29.7 Å². The fraction of sp³-hybridized carbons (Fsp3) is 0.417. The third kappa shape index (κ3) is 8.34. The van der Waals surface area contributed by atoms with E-state index < -0.39 is 6.10 Å². The van der Waals surface area contributed by atoms with Gasteiger partial charge in [0.1, 0.15) is 11.9 Å². The van der Waals surface area contributed by atoms with E-state index in [-0.39, 0.29) is 36.8 Å². The molecule has 0 radical (unpaired) electrons. The van der Waals surface area contributed by atoms with Crippen LogP contribution in [0.15, 0.2) is 66.7 Å². The zero-order chi connectivity index (χ0) is 32.8. The Balaban J connectivity index is 1.12. The number of nitrogens with one attached hydrogen (secondary N) is 2. The molecule has 9 rings (SSSR count). The van der Waals surface area contributed by atoms with Crippen molar-refractivity contribution in [1.29, 1.82) is 0 Å². The second-order valence-corrected chi connectivity index (χ2v) is 12.4. The third-order valence-corrected chi connectivity index (χ3v) is 8.99. The summed E-state index contributed by atoms with van der Waals surface area (Å²) in [6, 6.07) is 21.1. The highest BCUT2D eigenvalue weighted by atomic mass is 16.5. The first kappa shape index (κ1) is 32.2. The Morgan fingerprint density at radius 2 is 1.70 bits per heavy atom. The molecule has 2 saturated heterocycles. The Bertz CT molecular complexity index is 1570. The van der Waals surface area contributed by atoms with Gasteiger partial charge in [0, 0.05) is 51.4 Å². The van der Waals surface area contributed by atoms with Gasteiger partial charge in [-0.25, -0.2) is 0 Å². The first-order chi connectivity index (χ1) is 22.8. The van der Waals surface area contributed by atoms with Gasteiger partial charge in [-0.05, 0) is 66.4 Å². The van der Waals surface area contributed by atoms with Crippen molar-refractivity contribution in [2.45, 2.75) is 38.5 Å². The minimum absolute atomic E-state index is 0.0327. The van der Waals surface area contributed by atoms with Crippen LogP contribution >= 0.6 is 0 Å². The molecule has 6 aliphatic rings. The van der Waals surface area contributed by atoms with E-state index >= 15 is 0 Å². The summed E-state index contributed by atoms with van der Waals surface area (Å²) in [5.41, 5.74) is 4.26. The second-order valence-electron chi connectivity index (χ2n) is 12.4. The van der Waals surface area contributed by atoms with Gasteiger partial charge in [-0.2, -0.15) is 0 Å². The van der Waals surface area contributed by atoms with E-state index in [0.717, 1.165) is 37.3 Å². The van der Waals surface area contributed by atoms with Crippen molar-refractivity contribution in [3.8, 4) is 17.2 Å². The number of anilines is 1. The lowest BCUT2D eigenvalue weighted by molar-refractivity contribution is -0.132. The summed E-state index contributed by atoms with van der Waals surface area (Å²) in [4.78, 5) is 45.6. The largest absolute Gasteiger partial charge is 0.493 e. The van der Waals surface area contributed by atoms with Crippen LogP contribution in [0.4, 0.5) is 5.69 Å². The van der Waals surface area contributed by atoms with Crippen LogP contribution in [-0.2, 0) is 27.3 Å². The van der Waals surface area contributed by atoms with E-state index in [2.05, 4.69) is 51.6 Å². The lowest BCUT2D eigenvalue weighted by Crippen LogP contribution is -2.50. The summed E-state index contributed by atoms with van der Waals surface area (Å²) >= 11 is 0. The zero-order valence-electron chi connectivity index (χ0n) is 27.1. The number of ether oxygens (including phenoxy) is 3. The molecule has 2 atom stereocenters. The van der Waals surface area contributed by atoms with E-state index in [4.69, 9.17) is 14.2 Å². The zero-order valence-corrected chi connectivity index (χ0v) is 27.1. The van der Waals surface area contributed by atoms with E-state index in [0.29, 0.717) is 49.8 Å². The van der Waals surface area contributed by atoms with Crippen molar-refractivity contribution in [2.24, 2.45) is 0 Å². The van der Waals surface area contributed by atoms with Crippen LogP contribution in [0.25, 0.3) is 0 Å². The monoisotopic (exact) mass is 641 g/mol. The van der Waals surface area contributed by atoms with Gasteiger partial charge >= 0.3 is 0 Å². The molecule has 0 unspecified atom stereocenters. The molecule has 6 aliphatic heterocycles. The summed E-state index contributed by atoms with van der Waals surface area (Å²) in [6.45, 7) is 6.71. The Hall–Kier alpha value is -4.77. The number of amides is 3. The normalized spacial score (nSPS) is 20.9. The molecule has 4 bridgehead atoms. The maximum Gasteiger partial charge on any atom is 0.258 e. The molecule has 3 aromatic rings. The highest BCUT2D eigenvalue weighted by Gasteiger charge is 2.38. The Morgan fingerprint density at radius 1 is 0.915 bits per heavy atom. The van der Waals surface area contributed by atoms with Crippen LogP contribution in [0, 0.1) is 6.92 Å². The molecule has 2 N–H and O–H groups in total. The summed E-state index contributed by atoms with van der Waals surface area (Å²) in [7, 11) is 1.54. The molecule has 47 heavy (non-hydrogen) atoms. The van der Waals surface area contributed by atoms with Crippen molar-refractivity contribution in [3.63, 3.8) is 0 Å². The van der Waals surface area contributed by atoms with Crippen LogP contribution in [-0.4, -0.2) is 99.2 Å². The van der Waals surface area contributed by atoms with Gasteiger partial charge in [0.15, 0.2) is 18.1 Å². The Kier molecular flexibility index (Phi) is 10.1. The van der Waals surface area contributed by atoms with Crippen molar-refractivity contribution in [2.75, 3.05) is 64.4 Å². The number of aryl methyl sites for hydroxylation is 2. The summed E-state index contributed by atoms with van der Waals surface area (Å²) in [5, 5.41) is 6.02. The summed E-state index contributed by atoms with van der Waals surface area (Å²) < 4.78 is 17.6. The second kappa shape index (κ2) is 14.8. The molecular weight excluding hydrogens is 598 g/mol. The number of rotatable bonds is 4. The van der Waals surface area contributed by atoms with Crippen LogP contribution in [0.1, 0.15) is 23.1 Å². The predicted octanol–water partition coefficient (Wildman–Crippen LogP) is 2.54. The van der Waals surface area contributed by atoms with E-state index in [9.17, 15) is 14.4 Å². The number of hydrogen-bond acceptors (Lipinski definition) is 8. The number of benzene rings is 3. The van der Waals surface area contributed by atoms with Crippen LogP contribution in [0.3, 0.4) is 0 Å². The van der Waals surface area contributed by atoms with Crippen LogP contribution in [0.2, 0.25) is 0 Å². The van der Waals surface area contributed by atoms with Gasteiger partial charge in [-0.1, -0.05) is 30.3 Å². The average molecular weight is 642 g/mol. The van der Waals surface area contributed by atoms with Gasteiger partial charge < -0.3 is 34.6 Å².